The van der Waals surface area contributed by atoms with Gasteiger partial charge in [0.25, 0.3) is 5.91 Å². The summed E-state index contributed by atoms with van der Waals surface area (Å²) in [6.45, 7) is 0.779. The number of pyridine rings is 1. The Morgan fingerprint density at radius 3 is 1.69 bits per heavy atom. The van der Waals surface area contributed by atoms with E-state index in [0.29, 0.717) is 48.9 Å². The molecule has 1 heterocycles. The van der Waals surface area contributed by atoms with Gasteiger partial charge in [0.15, 0.2) is 23.0 Å². The maximum absolute atomic E-state index is 13.4. The number of carboxylic acids is 1. The van der Waals surface area contributed by atoms with Crippen LogP contribution in [0.1, 0.15) is 32.0 Å². The fourth-order valence-corrected chi connectivity index (χ4v) is 3.76. The van der Waals surface area contributed by atoms with Gasteiger partial charge in [-0.1, -0.05) is 12.1 Å². The van der Waals surface area contributed by atoms with E-state index in [1.54, 1.807) is 33.3 Å². The number of carbonyl (C=O) groups is 2. The second-order valence-electron chi connectivity index (χ2n) is 7.91. The van der Waals surface area contributed by atoms with Gasteiger partial charge in [0.05, 0.1) is 34.0 Å². The van der Waals surface area contributed by atoms with Gasteiger partial charge in [0.1, 0.15) is 5.69 Å². The van der Waals surface area contributed by atoms with Crippen molar-refractivity contribution in [2.45, 2.75) is 12.8 Å². The van der Waals surface area contributed by atoms with Gasteiger partial charge in [-0.05, 0) is 60.4 Å². The summed E-state index contributed by atoms with van der Waals surface area (Å²) >= 11 is 0. The number of aromatic carboxylic acids is 1. The van der Waals surface area contributed by atoms with Crippen molar-refractivity contribution < 1.29 is 33.6 Å². The molecule has 1 aromatic heterocycles. The summed E-state index contributed by atoms with van der Waals surface area (Å²) in [5.74, 6) is 0.991. The van der Waals surface area contributed by atoms with Crippen molar-refractivity contribution in [1.29, 1.82) is 0 Å². The minimum absolute atomic E-state index is 0.00748. The van der Waals surface area contributed by atoms with E-state index >= 15 is 0 Å². The number of amides is 1. The van der Waals surface area contributed by atoms with Crippen molar-refractivity contribution in [3.8, 4) is 23.0 Å². The molecule has 3 rings (SSSR count). The molecule has 9 heteroatoms. The van der Waals surface area contributed by atoms with Crippen LogP contribution in [-0.4, -0.2) is 68.4 Å². The van der Waals surface area contributed by atoms with Crippen molar-refractivity contribution in [2.75, 3.05) is 41.5 Å². The topological polar surface area (TPSA) is 107 Å². The molecule has 0 bridgehead atoms. The molecule has 0 saturated carbocycles. The summed E-state index contributed by atoms with van der Waals surface area (Å²) in [5, 5.41) is 9.32. The molecule has 0 radical (unpaired) electrons. The molecule has 190 valence electrons. The first-order valence-electron chi connectivity index (χ1n) is 11.3. The molecule has 1 amide bonds. The standard InChI is InChI=1S/C27H30N2O7/c1-33-22-7-5-18(15-24(22)35-3)10-13-29(26(30)21-17-20(27(31)32)9-12-28-21)14-11-19-6-8-23(34-2)25(16-19)36-4/h5-9,12,15-17H,10-11,13-14H2,1-4H3,(H,31,32). The zero-order valence-electron chi connectivity index (χ0n) is 20.8. The van der Waals surface area contributed by atoms with Gasteiger partial charge in [0, 0.05) is 19.3 Å². The van der Waals surface area contributed by atoms with E-state index in [1.807, 2.05) is 36.4 Å². The van der Waals surface area contributed by atoms with Crippen LogP contribution in [-0.2, 0) is 12.8 Å². The monoisotopic (exact) mass is 494 g/mol. The van der Waals surface area contributed by atoms with Crippen LogP contribution >= 0.6 is 0 Å². The van der Waals surface area contributed by atoms with Crippen LogP contribution in [0.25, 0.3) is 0 Å². The molecule has 0 aliphatic heterocycles. The van der Waals surface area contributed by atoms with Crippen molar-refractivity contribution in [3.05, 3.63) is 77.1 Å². The van der Waals surface area contributed by atoms with Crippen LogP contribution < -0.4 is 18.9 Å². The summed E-state index contributed by atoms with van der Waals surface area (Å²) in [6.07, 6.45) is 2.44. The largest absolute Gasteiger partial charge is 0.493 e. The number of hydrogen-bond donors (Lipinski definition) is 1. The third-order valence-electron chi connectivity index (χ3n) is 5.75. The Hall–Kier alpha value is -4.27. The number of rotatable bonds is 12. The number of nitrogens with zero attached hydrogens (tertiary/aromatic N) is 2. The van der Waals surface area contributed by atoms with Gasteiger partial charge >= 0.3 is 5.97 Å². The van der Waals surface area contributed by atoms with Crippen LogP contribution in [0.3, 0.4) is 0 Å². The van der Waals surface area contributed by atoms with Gasteiger partial charge in [-0.3, -0.25) is 9.78 Å². The predicted molar refractivity (Wildman–Crippen MR) is 134 cm³/mol. The number of carboxylic acid groups (broad SMARTS) is 1. The number of methoxy groups -OCH3 is 4. The highest BCUT2D eigenvalue weighted by molar-refractivity contribution is 5.95. The van der Waals surface area contributed by atoms with Crippen LogP contribution in [0.5, 0.6) is 23.0 Å². The van der Waals surface area contributed by atoms with Crippen LogP contribution in [0.2, 0.25) is 0 Å². The average molecular weight is 495 g/mol. The highest BCUT2D eigenvalue weighted by atomic mass is 16.5. The molecule has 2 aromatic carbocycles. The lowest BCUT2D eigenvalue weighted by atomic mass is 10.1. The Kier molecular flexibility index (Phi) is 9.10. The molecule has 1 N–H and O–H groups in total. The van der Waals surface area contributed by atoms with E-state index in [4.69, 9.17) is 18.9 Å². The van der Waals surface area contributed by atoms with E-state index in [9.17, 15) is 14.7 Å². The molecule has 36 heavy (non-hydrogen) atoms. The quantitative estimate of drug-likeness (QED) is 0.406. The highest BCUT2D eigenvalue weighted by Gasteiger charge is 2.19. The van der Waals surface area contributed by atoms with E-state index < -0.39 is 5.97 Å². The van der Waals surface area contributed by atoms with E-state index in [-0.39, 0.29) is 17.2 Å². The van der Waals surface area contributed by atoms with E-state index in [2.05, 4.69) is 4.98 Å². The third-order valence-corrected chi connectivity index (χ3v) is 5.75. The van der Waals surface area contributed by atoms with Crippen LogP contribution in [0.15, 0.2) is 54.7 Å². The number of hydrogen-bond acceptors (Lipinski definition) is 7. The lowest BCUT2D eigenvalue weighted by Gasteiger charge is -2.23. The maximum atomic E-state index is 13.4. The summed E-state index contributed by atoms with van der Waals surface area (Å²) in [6, 6.07) is 13.9. The zero-order valence-corrected chi connectivity index (χ0v) is 20.8. The first-order valence-corrected chi connectivity index (χ1v) is 11.3. The van der Waals surface area contributed by atoms with Crippen LogP contribution in [0, 0.1) is 0 Å². The predicted octanol–water partition coefficient (Wildman–Crippen LogP) is 3.74. The minimum Gasteiger partial charge on any atom is -0.493 e. The molecular formula is C27H30N2O7. The molecule has 0 fully saturated rings. The normalized spacial score (nSPS) is 10.4. The van der Waals surface area contributed by atoms with E-state index in [0.717, 1.165) is 11.1 Å². The Morgan fingerprint density at radius 1 is 0.750 bits per heavy atom. The fraction of sp³-hybridized carbons (Fsp3) is 0.296. The third kappa shape index (κ3) is 6.44. The SMILES string of the molecule is COc1ccc(CCN(CCc2ccc(OC)c(OC)c2)C(=O)c2cc(C(=O)O)ccn2)cc1OC. The number of aromatic nitrogens is 1. The number of ether oxygens (including phenoxy) is 4. The molecular weight excluding hydrogens is 464 g/mol. The number of benzene rings is 2. The summed E-state index contributed by atoms with van der Waals surface area (Å²) < 4.78 is 21.4. The molecule has 0 aliphatic rings. The fourth-order valence-electron chi connectivity index (χ4n) is 3.76. The molecule has 0 spiro atoms. The van der Waals surface area contributed by atoms with Gasteiger partial charge in [-0.2, -0.15) is 0 Å². The second kappa shape index (κ2) is 12.4. The Labute approximate surface area is 210 Å². The maximum Gasteiger partial charge on any atom is 0.335 e. The summed E-state index contributed by atoms with van der Waals surface area (Å²) in [4.78, 5) is 30.6. The first kappa shape index (κ1) is 26.3. The number of carbonyl (C=O) groups excluding carboxylic acids is 1. The summed E-state index contributed by atoms with van der Waals surface area (Å²) in [7, 11) is 6.29. The van der Waals surface area contributed by atoms with Crippen molar-refractivity contribution >= 4 is 11.9 Å². The molecule has 0 atom stereocenters. The highest BCUT2D eigenvalue weighted by Crippen LogP contribution is 2.29. The first-order chi connectivity index (χ1) is 17.4. The summed E-state index contributed by atoms with van der Waals surface area (Å²) in [5.41, 5.74) is 2.01. The molecule has 0 saturated heterocycles. The Balaban J connectivity index is 1.83. The molecule has 9 nitrogen and oxygen atoms in total. The smallest absolute Gasteiger partial charge is 0.335 e. The van der Waals surface area contributed by atoms with Crippen molar-refractivity contribution in [1.82, 2.24) is 9.88 Å². The lowest BCUT2D eigenvalue weighted by molar-refractivity contribution is 0.0696. The van der Waals surface area contributed by atoms with Gasteiger partial charge < -0.3 is 29.0 Å². The van der Waals surface area contributed by atoms with Crippen molar-refractivity contribution in [2.24, 2.45) is 0 Å². The van der Waals surface area contributed by atoms with E-state index in [1.165, 1.54) is 18.3 Å². The lowest BCUT2D eigenvalue weighted by Crippen LogP contribution is -2.35. The second-order valence-corrected chi connectivity index (χ2v) is 7.91. The average Bonchev–Trinajstić information content (AvgIpc) is 2.92. The van der Waals surface area contributed by atoms with Crippen molar-refractivity contribution in [3.63, 3.8) is 0 Å². The Bertz CT molecular complexity index is 1150. The Morgan fingerprint density at radius 2 is 1.25 bits per heavy atom. The molecule has 0 aliphatic carbocycles. The zero-order chi connectivity index (χ0) is 26.1. The molecule has 3 aromatic rings. The van der Waals surface area contributed by atoms with Crippen LogP contribution in [0.4, 0.5) is 0 Å². The van der Waals surface area contributed by atoms with Gasteiger partial charge in [-0.25, -0.2) is 4.79 Å². The minimum atomic E-state index is -1.12. The van der Waals surface area contributed by atoms with Gasteiger partial charge in [-0.15, -0.1) is 0 Å². The molecule has 0 unspecified atom stereocenters. The van der Waals surface area contributed by atoms with Gasteiger partial charge in [0.2, 0.25) is 0 Å².